The van der Waals surface area contributed by atoms with Crippen LogP contribution in [0, 0.1) is 0 Å². The highest BCUT2D eigenvalue weighted by molar-refractivity contribution is 5.79. The van der Waals surface area contributed by atoms with Crippen LogP contribution in [0.2, 0.25) is 0 Å². The number of hydrogen-bond acceptors (Lipinski definition) is 1. The van der Waals surface area contributed by atoms with Crippen molar-refractivity contribution in [3.05, 3.63) is 34.9 Å². The third-order valence-electron chi connectivity index (χ3n) is 3.47. The van der Waals surface area contributed by atoms with Crippen LogP contribution in [0.25, 0.3) is 0 Å². The fourth-order valence-electron chi connectivity index (χ4n) is 2.43. The number of nitrogens with one attached hydrogen (secondary N) is 1. The fourth-order valence-corrected chi connectivity index (χ4v) is 2.43. The Kier molecular flexibility index (Phi) is 2.43. The Morgan fingerprint density at radius 3 is 2.88 bits per heavy atom. The van der Waals surface area contributed by atoms with Crippen molar-refractivity contribution in [2.45, 2.75) is 44.6 Å². The van der Waals surface area contributed by atoms with E-state index in [9.17, 15) is 4.79 Å². The van der Waals surface area contributed by atoms with Gasteiger partial charge in [-0.25, -0.2) is 0 Å². The van der Waals surface area contributed by atoms with Gasteiger partial charge in [0.1, 0.15) is 0 Å². The number of rotatable bonds is 3. The quantitative estimate of drug-likeness (QED) is 0.821. The zero-order valence-corrected chi connectivity index (χ0v) is 9.46. The van der Waals surface area contributed by atoms with E-state index in [4.69, 9.17) is 0 Å². The summed E-state index contributed by atoms with van der Waals surface area (Å²) in [5.74, 6) is 0.181. The lowest BCUT2D eigenvalue weighted by molar-refractivity contribution is -0.120. The van der Waals surface area contributed by atoms with Crippen molar-refractivity contribution in [3.8, 4) is 0 Å². The Hall–Kier alpha value is -1.31. The number of carbonyl (C=O) groups excluding carboxylic acids is 1. The first-order valence-corrected chi connectivity index (χ1v) is 6.21. The van der Waals surface area contributed by atoms with Gasteiger partial charge in [0.2, 0.25) is 5.91 Å². The highest BCUT2D eigenvalue weighted by Crippen LogP contribution is 2.23. The molecule has 1 aromatic rings. The highest BCUT2D eigenvalue weighted by atomic mass is 16.1. The predicted octanol–water partition coefficient (Wildman–Crippen LogP) is 2.00. The molecule has 16 heavy (non-hydrogen) atoms. The largest absolute Gasteiger partial charge is 0.353 e. The normalized spacial score (nSPS) is 18.2. The Balaban J connectivity index is 1.67. The van der Waals surface area contributed by atoms with E-state index in [1.807, 2.05) is 0 Å². The summed E-state index contributed by atoms with van der Waals surface area (Å²) in [4.78, 5) is 11.7. The number of carbonyl (C=O) groups is 1. The summed E-state index contributed by atoms with van der Waals surface area (Å²) in [5.41, 5.74) is 4.10. The third kappa shape index (κ3) is 2.11. The van der Waals surface area contributed by atoms with E-state index in [0.29, 0.717) is 12.5 Å². The zero-order chi connectivity index (χ0) is 11.0. The van der Waals surface area contributed by atoms with Crippen molar-refractivity contribution in [1.82, 2.24) is 5.32 Å². The van der Waals surface area contributed by atoms with Gasteiger partial charge in [0, 0.05) is 6.04 Å². The smallest absolute Gasteiger partial charge is 0.224 e. The van der Waals surface area contributed by atoms with Crippen molar-refractivity contribution < 1.29 is 4.79 Å². The molecule has 2 heteroatoms. The van der Waals surface area contributed by atoms with Crippen molar-refractivity contribution in [1.29, 1.82) is 0 Å². The molecule has 0 aliphatic heterocycles. The second kappa shape index (κ2) is 3.93. The molecule has 2 aliphatic carbocycles. The van der Waals surface area contributed by atoms with Crippen LogP contribution in [-0.2, 0) is 24.1 Å². The van der Waals surface area contributed by atoms with Crippen LogP contribution >= 0.6 is 0 Å². The number of benzene rings is 1. The van der Waals surface area contributed by atoms with Gasteiger partial charge in [0.25, 0.3) is 0 Å². The Morgan fingerprint density at radius 1 is 1.25 bits per heavy atom. The first-order valence-electron chi connectivity index (χ1n) is 6.21. The van der Waals surface area contributed by atoms with Crippen LogP contribution in [0.1, 0.15) is 36.0 Å². The monoisotopic (exact) mass is 215 g/mol. The van der Waals surface area contributed by atoms with E-state index in [2.05, 4.69) is 23.5 Å². The maximum Gasteiger partial charge on any atom is 0.224 e. The van der Waals surface area contributed by atoms with E-state index >= 15 is 0 Å². The fraction of sp³-hybridized carbons (Fsp3) is 0.500. The van der Waals surface area contributed by atoms with Crippen molar-refractivity contribution >= 4 is 5.91 Å². The third-order valence-corrected chi connectivity index (χ3v) is 3.47. The molecule has 2 nitrogen and oxygen atoms in total. The second-order valence-electron chi connectivity index (χ2n) is 4.98. The van der Waals surface area contributed by atoms with E-state index < -0.39 is 0 Å². The molecule has 1 N–H and O–H groups in total. The summed E-state index contributed by atoms with van der Waals surface area (Å²) < 4.78 is 0. The van der Waals surface area contributed by atoms with Gasteiger partial charge in [-0.1, -0.05) is 18.2 Å². The van der Waals surface area contributed by atoms with Gasteiger partial charge >= 0.3 is 0 Å². The molecule has 2 aliphatic rings. The van der Waals surface area contributed by atoms with Crippen molar-refractivity contribution in [2.75, 3.05) is 0 Å². The maximum atomic E-state index is 11.7. The van der Waals surface area contributed by atoms with Gasteiger partial charge in [-0.2, -0.15) is 0 Å². The minimum absolute atomic E-state index is 0.181. The molecule has 0 radical (unpaired) electrons. The Bertz CT molecular complexity index is 421. The van der Waals surface area contributed by atoms with Crippen LogP contribution < -0.4 is 5.32 Å². The molecular weight excluding hydrogens is 198 g/mol. The second-order valence-corrected chi connectivity index (χ2v) is 4.98. The first kappa shape index (κ1) is 9.88. The average Bonchev–Trinajstić information content (AvgIpc) is 2.95. The Labute approximate surface area is 96.1 Å². The number of amides is 1. The molecule has 0 atom stereocenters. The van der Waals surface area contributed by atoms with E-state index in [1.54, 1.807) is 0 Å². The van der Waals surface area contributed by atoms with Crippen LogP contribution in [0.4, 0.5) is 0 Å². The zero-order valence-electron chi connectivity index (χ0n) is 9.46. The molecule has 0 unspecified atom stereocenters. The lowest BCUT2D eigenvalue weighted by Crippen LogP contribution is -2.26. The first-order chi connectivity index (χ1) is 7.81. The number of fused-ring (bicyclic) bond motifs is 1. The SMILES string of the molecule is O=C(Cc1ccc2c(c1)CCC2)NC1CC1. The highest BCUT2D eigenvalue weighted by Gasteiger charge is 2.23. The van der Waals surface area contributed by atoms with Gasteiger partial charge in [0.05, 0.1) is 6.42 Å². The van der Waals surface area contributed by atoms with Crippen molar-refractivity contribution in [2.24, 2.45) is 0 Å². The number of aryl methyl sites for hydroxylation is 2. The van der Waals surface area contributed by atoms with Gasteiger partial charge in [0.15, 0.2) is 0 Å². The van der Waals surface area contributed by atoms with E-state index in [-0.39, 0.29) is 5.91 Å². The summed E-state index contributed by atoms with van der Waals surface area (Å²) in [5, 5.41) is 3.03. The molecular formula is C14H17NO. The molecule has 0 heterocycles. The molecule has 3 rings (SSSR count). The topological polar surface area (TPSA) is 29.1 Å². The van der Waals surface area contributed by atoms with Gasteiger partial charge in [-0.15, -0.1) is 0 Å². The summed E-state index contributed by atoms with van der Waals surface area (Å²) >= 11 is 0. The molecule has 0 bridgehead atoms. The van der Waals surface area contributed by atoms with Crippen LogP contribution in [0.3, 0.4) is 0 Å². The summed E-state index contributed by atoms with van der Waals surface area (Å²) in [6.07, 6.45) is 6.54. The van der Waals surface area contributed by atoms with Gasteiger partial charge in [-0.05, 0) is 48.8 Å². The predicted molar refractivity (Wildman–Crippen MR) is 63.3 cm³/mol. The lowest BCUT2D eigenvalue weighted by Gasteiger charge is -2.05. The average molecular weight is 215 g/mol. The molecule has 0 aromatic heterocycles. The molecule has 0 saturated heterocycles. The summed E-state index contributed by atoms with van der Waals surface area (Å²) in [7, 11) is 0. The van der Waals surface area contributed by atoms with Gasteiger partial charge in [-0.3, -0.25) is 4.79 Å². The molecule has 1 fully saturated rings. The lowest BCUT2D eigenvalue weighted by atomic mass is 10.0. The standard InChI is InChI=1S/C14H17NO/c16-14(15-13-6-7-13)9-10-4-5-11-2-1-3-12(11)8-10/h4-5,8,13H,1-3,6-7,9H2,(H,15,16). The van der Waals surface area contributed by atoms with Crippen molar-refractivity contribution in [3.63, 3.8) is 0 Å². The summed E-state index contributed by atoms with van der Waals surface area (Å²) in [6, 6.07) is 7.00. The molecule has 0 spiro atoms. The molecule has 1 saturated carbocycles. The van der Waals surface area contributed by atoms with E-state index in [0.717, 1.165) is 12.8 Å². The molecule has 1 amide bonds. The molecule has 1 aromatic carbocycles. The van der Waals surface area contributed by atoms with Crippen LogP contribution in [0.5, 0.6) is 0 Å². The minimum atomic E-state index is 0.181. The maximum absolute atomic E-state index is 11.7. The van der Waals surface area contributed by atoms with Gasteiger partial charge < -0.3 is 5.32 Å². The van der Waals surface area contributed by atoms with Crippen LogP contribution in [0.15, 0.2) is 18.2 Å². The van der Waals surface area contributed by atoms with E-state index in [1.165, 1.54) is 36.0 Å². The Morgan fingerprint density at radius 2 is 2.06 bits per heavy atom. The molecule has 84 valence electrons. The summed E-state index contributed by atoms with van der Waals surface area (Å²) in [6.45, 7) is 0. The number of hydrogen-bond donors (Lipinski definition) is 1. The minimum Gasteiger partial charge on any atom is -0.353 e. The van der Waals surface area contributed by atoms with Crippen LogP contribution in [-0.4, -0.2) is 11.9 Å².